The average molecular weight is 325 g/mol. The number of carbonyl (C=O) groups excluding carboxylic acids is 1. The molecule has 0 heterocycles. The Balaban J connectivity index is 0. The third-order valence-electron chi connectivity index (χ3n) is 1.65. The van der Waals surface area contributed by atoms with Crippen LogP contribution in [0.15, 0.2) is 29.5 Å². The Morgan fingerprint density at radius 3 is 2.00 bits per heavy atom. The van der Waals surface area contributed by atoms with Crippen molar-refractivity contribution in [3.05, 3.63) is 45.7 Å². The number of carbonyl (C=O) groups is 1. The molecule has 19 heavy (non-hydrogen) atoms. The number of carboxylic acid groups (broad SMARTS) is 1. The Labute approximate surface area is 121 Å². The summed E-state index contributed by atoms with van der Waals surface area (Å²) < 4.78 is 24.5. The largest absolute Gasteiger partial charge is 0.550 e. The average Bonchev–Trinajstić information content (AvgIpc) is 2.15. The summed E-state index contributed by atoms with van der Waals surface area (Å²) in [6.07, 6.45) is 1.53. The molecule has 0 bridgehead atoms. The molecule has 0 saturated heterocycles. The van der Waals surface area contributed by atoms with E-state index >= 15 is 0 Å². The molecule has 0 aromatic heterocycles. The standard InChI is InChI=1S/C6H2F2NO2.C5H10O2.Zn/c7-4-1-2-6(9(10)11)5(8)3-4;1-5(2,3)4(6)7;/h1-2H;1-3H3,(H,6,7);/p-1. The first-order valence-electron chi connectivity index (χ1n) is 4.79. The Bertz CT molecular complexity index is 448. The predicted molar refractivity (Wildman–Crippen MR) is 56.6 cm³/mol. The number of nitrogens with zero attached hydrogens (tertiary/aromatic N) is 1. The molecular formula is C11H11F2NO4Zn-. The minimum Gasteiger partial charge on any atom is -0.550 e. The van der Waals surface area contributed by atoms with Gasteiger partial charge in [-0.25, -0.2) is 0 Å². The van der Waals surface area contributed by atoms with Crippen molar-refractivity contribution in [1.29, 1.82) is 0 Å². The maximum Gasteiger partial charge on any atom is 0.378 e. The van der Waals surface area contributed by atoms with Gasteiger partial charge in [0.25, 0.3) is 0 Å². The van der Waals surface area contributed by atoms with Crippen molar-refractivity contribution in [2.45, 2.75) is 20.8 Å². The second-order valence-corrected chi connectivity index (χ2v) is 4.30. The second-order valence-electron chi connectivity index (χ2n) is 4.30. The molecule has 0 aromatic rings. The number of carboxylic acids is 1. The van der Waals surface area contributed by atoms with Gasteiger partial charge in [0.1, 0.15) is 0 Å². The molecule has 0 spiro atoms. The SMILES string of the molecule is CC(C)(C)C(=O)[O-].O=[N+]([O-])[C]1C=CC(F)=C=C1F.[Zn]. The van der Waals surface area contributed by atoms with Crippen LogP contribution in [0.1, 0.15) is 20.8 Å². The van der Waals surface area contributed by atoms with Gasteiger partial charge in [0.2, 0.25) is 5.83 Å². The molecule has 0 aromatic carbocycles. The Kier molecular flexibility index (Phi) is 8.31. The summed E-state index contributed by atoms with van der Waals surface area (Å²) in [7, 11) is 0. The van der Waals surface area contributed by atoms with Crippen molar-refractivity contribution in [3.8, 4) is 0 Å². The van der Waals surface area contributed by atoms with Gasteiger partial charge >= 0.3 is 6.04 Å². The van der Waals surface area contributed by atoms with Crippen LogP contribution in [0, 0.1) is 21.6 Å². The number of allylic oxidation sites excluding steroid dienone is 1. The summed E-state index contributed by atoms with van der Waals surface area (Å²) >= 11 is 0. The third-order valence-corrected chi connectivity index (χ3v) is 1.65. The van der Waals surface area contributed by atoms with Gasteiger partial charge in [-0.05, 0) is 11.8 Å². The van der Waals surface area contributed by atoms with Crippen LogP contribution in [0.3, 0.4) is 0 Å². The summed E-state index contributed by atoms with van der Waals surface area (Å²) in [6, 6.07) is -0.772. The van der Waals surface area contributed by atoms with E-state index in [0.717, 1.165) is 12.2 Å². The minimum atomic E-state index is -1.28. The molecule has 0 atom stereocenters. The first-order valence-corrected chi connectivity index (χ1v) is 4.79. The normalized spacial score (nSPS) is 14.4. The summed E-state index contributed by atoms with van der Waals surface area (Å²) in [5.74, 6) is -3.24. The van der Waals surface area contributed by atoms with Gasteiger partial charge in [0.05, 0.1) is 0 Å². The Morgan fingerprint density at radius 2 is 1.74 bits per heavy atom. The fourth-order valence-electron chi connectivity index (χ4n) is 0.577. The van der Waals surface area contributed by atoms with Gasteiger partial charge < -0.3 is 9.90 Å². The van der Waals surface area contributed by atoms with Crippen molar-refractivity contribution >= 4 is 5.97 Å². The molecule has 1 aliphatic carbocycles. The fourth-order valence-corrected chi connectivity index (χ4v) is 0.577. The van der Waals surface area contributed by atoms with Crippen LogP contribution in [0.2, 0.25) is 0 Å². The van der Waals surface area contributed by atoms with Gasteiger partial charge in [-0.2, -0.15) is 8.78 Å². The molecule has 0 N–H and O–H groups in total. The van der Waals surface area contributed by atoms with Crippen molar-refractivity contribution < 1.29 is 43.1 Å². The number of rotatable bonds is 1. The van der Waals surface area contributed by atoms with Crippen LogP contribution in [-0.4, -0.2) is 10.9 Å². The first-order chi connectivity index (χ1) is 8.05. The number of hydrogen-bond donors (Lipinski definition) is 0. The summed E-state index contributed by atoms with van der Waals surface area (Å²) in [5, 5.41) is 19.9. The summed E-state index contributed by atoms with van der Waals surface area (Å²) in [5.41, 5.74) is 0.851. The van der Waals surface area contributed by atoms with Gasteiger partial charge in [-0.15, -0.1) is 0 Å². The zero-order chi connectivity index (χ0) is 14.5. The van der Waals surface area contributed by atoms with Crippen LogP contribution in [0.4, 0.5) is 8.78 Å². The van der Waals surface area contributed by atoms with E-state index in [2.05, 4.69) is 0 Å². The van der Waals surface area contributed by atoms with Gasteiger partial charge in [0.15, 0.2) is 5.83 Å². The van der Waals surface area contributed by atoms with E-state index in [1.54, 1.807) is 26.5 Å². The van der Waals surface area contributed by atoms with Crippen molar-refractivity contribution in [3.63, 3.8) is 0 Å². The van der Waals surface area contributed by atoms with Gasteiger partial charge in [-0.1, -0.05) is 20.8 Å². The van der Waals surface area contributed by atoms with Crippen LogP contribution < -0.4 is 5.11 Å². The topological polar surface area (TPSA) is 83.3 Å². The molecule has 0 unspecified atom stereocenters. The molecule has 0 fully saturated rings. The molecule has 8 heteroatoms. The third kappa shape index (κ3) is 7.59. The van der Waals surface area contributed by atoms with E-state index in [1.807, 2.05) is 0 Å². The predicted octanol–water partition coefficient (Wildman–Crippen LogP) is 1.45. The quantitative estimate of drug-likeness (QED) is 0.316. The number of halogens is 2. The molecule has 0 aliphatic heterocycles. The molecule has 1 rings (SSSR count). The second kappa shape index (κ2) is 7.92. The number of hydrogen-bond acceptors (Lipinski definition) is 4. The monoisotopic (exact) mass is 323 g/mol. The van der Waals surface area contributed by atoms with Crippen LogP contribution >= 0.6 is 0 Å². The Hall–Kier alpha value is -1.39. The van der Waals surface area contributed by atoms with E-state index in [0.29, 0.717) is 0 Å². The smallest absolute Gasteiger partial charge is 0.378 e. The summed E-state index contributed by atoms with van der Waals surface area (Å²) in [6.45, 7) is 4.80. The van der Waals surface area contributed by atoms with E-state index < -0.39 is 34.0 Å². The van der Waals surface area contributed by atoms with Crippen molar-refractivity contribution in [2.75, 3.05) is 0 Å². The molecule has 1 aliphatic rings. The van der Waals surface area contributed by atoms with Gasteiger partial charge in [0, 0.05) is 41.9 Å². The van der Waals surface area contributed by atoms with Crippen LogP contribution in [0.25, 0.3) is 0 Å². The van der Waals surface area contributed by atoms with Crippen molar-refractivity contribution in [1.82, 2.24) is 0 Å². The maximum absolute atomic E-state index is 12.4. The summed E-state index contributed by atoms with van der Waals surface area (Å²) in [4.78, 5) is 18.9. The molecule has 5 nitrogen and oxygen atoms in total. The molecule has 101 valence electrons. The van der Waals surface area contributed by atoms with E-state index in [4.69, 9.17) is 0 Å². The van der Waals surface area contributed by atoms with Crippen LogP contribution in [0.5, 0.6) is 0 Å². The van der Waals surface area contributed by atoms with E-state index in [1.165, 1.54) is 0 Å². The number of aliphatic carboxylic acids is 1. The maximum atomic E-state index is 12.4. The molecule has 0 saturated carbocycles. The molecular weight excluding hydrogens is 314 g/mol. The molecule has 1 radical (unpaired) electrons. The van der Waals surface area contributed by atoms with Gasteiger partial charge in [-0.3, -0.25) is 10.1 Å². The van der Waals surface area contributed by atoms with Crippen molar-refractivity contribution in [2.24, 2.45) is 5.41 Å². The van der Waals surface area contributed by atoms with E-state index in [-0.39, 0.29) is 19.5 Å². The zero-order valence-electron chi connectivity index (χ0n) is 10.7. The molecule has 0 amide bonds. The zero-order valence-corrected chi connectivity index (χ0v) is 13.7. The van der Waals surface area contributed by atoms with Crippen LogP contribution in [-0.2, 0) is 24.3 Å². The Morgan fingerprint density at radius 1 is 1.32 bits per heavy atom. The fraction of sp³-hybridized carbons (Fsp3) is 0.364. The van der Waals surface area contributed by atoms with E-state index in [9.17, 15) is 28.8 Å². The first kappa shape index (κ1) is 19.9. The number of nitro groups is 1. The minimum absolute atomic E-state index is 0.